The van der Waals surface area contributed by atoms with Crippen molar-refractivity contribution in [2.75, 3.05) is 18.1 Å². The lowest BCUT2D eigenvalue weighted by Crippen LogP contribution is -2.49. The smallest absolute Gasteiger partial charge is 0.143 e. The van der Waals surface area contributed by atoms with Gasteiger partial charge in [0.1, 0.15) is 11.5 Å². The minimum Gasteiger partial charge on any atom is -0.382 e. The van der Waals surface area contributed by atoms with Gasteiger partial charge in [0, 0.05) is 12.7 Å². The molecule has 0 spiro atoms. The number of aromatic nitrogens is 1. The van der Waals surface area contributed by atoms with E-state index in [4.69, 9.17) is 15.9 Å². The molecule has 3 N–H and O–H groups in total. The molecule has 1 aromatic rings. The van der Waals surface area contributed by atoms with E-state index in [2.05, 4.69) is 9.88 Å². The van der Waals surface area contributed by atoms with Gasteiger partial charge in [0.25, 0.3) is 0 Å². The van der Waals surface area contributed by atoms with Crippen LogP contribution in [0.25, 0.3) is 0 Å². The Kier molecular flexibility index (Phi) is 2.91. The lowest BCUT2D eigenvalue weighted by atomic mass is 10.1. The Hall–Kier alpha value is -1.62. The molecule has 1 aliphatic heterocycles. The van der Waals surface area contributed by atoms with Crippen molar-refractivity contribution in [1.82, 2.24) is 4.98 Å². The molecule has 3 rings (SSSR count). The Balaban J connectivity index is 1.96. The van der Waals surface area contributed by atoms with E-state index < -0.39 is 0 Å². The molecular formula is C13H18N4O. The zero-order chi connectivity index (χ0) is 12.5. The predicted molar refractivity (Wildman–Crippen MR) is 70.0 cm³/mol. The van der Waals surface area contributed by atoms with Crippen LogP contribution in [0.1, 0.15) is 25.0 Å². The fraction of sp³-hybridized carbons (Fsp3) is 0.538. The number of pyridine rings is 1. The molecule has 2 unspecified atom stereocenters. The maximum Gasteiger partial charge on any atom is 0.143 e. The number of morpholine rings is 1. The van der Waals surface area contributed by atoms with Gasteiger partial charge in [0.05, 0.1) is 24.4 Å². The summed E-state index contributed by atoms with van der Waals surface area (Å²) in [5.41, 5.74) is 7.19. The lowest BCUT2D eigenvalue weighted by Gasteiger charge is -2.39. The second-order valence-corrected chi connectivity index (χ2v) is 4.89. The first kappa shape index (κ1) is 11.5. The Labute approximate surface area is 106 Å². The van der Waals surface area contributed by atoms with Gasteiger partial charge in [-0.05, 0) is 31.4 Å². The van der Waals surface area contributed by atoms with E-state index >= 15 is 0 Å². The van der Waals surface area contributed by atoms with E-state index in [0.29, 0.717) is 17.8 Å². The van der Waals surface area contributed by atoms with Crippen LogP contribution in [0.5, 0.6) is 0 Å². The van der Waals surface area contributed by atoms with Crippen LogP contribution in [0.3, 0.4) is 0 Å². The summed E-state index contributed by atoms with van der Waals surface area (Å²) in [5.74, 6) is 0.0339. The first-order chi connectivity index (χ1) is 8.77. The summed E-state index contributed by atoms with van der Waals surface area (Å²) in [7, 11) is 0. The second-order valence-electron chi connectivity index (χ2n) is 4.89. The number of nitrogens with zero attached hydrogens (tertiary/aromatic N) is 2. The van der Waals surface area contributed by atoms with Gasteiger partial charge in [0.2, 0.25) is 0 Å². The molecular weight excluding hydrogens is 228 g/mol. The number of nitrogens with two attached hydrogens (primary N) is 1. The highest BCUT2D eigenvalue weighted by Gasteiger charge is 2.37. The topological polar surface area (TPSA) is 75.2 Å². The van der Waals surface area contributed by atoms with Gasteiger partial charge in [-0.3, -0.25) is 10.4 Å². The number of anilines is 1. The van der Waals surface area contributed by atoms with Crippen LogP contribution in [-0.4, -0.2) is 36.1 Å². The third-order valence-electron chi connectivity index (χ3n) is 3.83. The monoisotopic (exact) mass is 246 g/mol. The minimum atomic E-state index is 0.0339. The fourth-order valence-corrected chi connectivity index (χ4v) is 3.06. The maximum absolute atomic E-state index is 7.64. The molecule has 1 aliphatic carbocycles. The van der Waals surface area contributed by atoms with Crippen molar-refractivity contribution < 1.29 is 4.74 Å². The van der Waals surface area contributed by atoms with Crippen molar-refractivity contribution in [3.05, 3.63) is 24.0 Å². The van der Waals surface area contributed by atoms with Gasteiger partial charge < -0.3 is 15.4 Å². The summed E-state index contributed by atoms with van der Waals surface area (Å²) in [6.07, 6.45) is 5.51. The van der Waals surface area contributed by atoms with E-state index in [1.54, 1.807) is 6.20 Å². The minimum absolute atomic E-state index is 0.0339. The van der Waals surface area contributed by atoms with Crippen LogP contribution < -0.4 is 10.6 Å². The largest absolute Gasteiger partial charge is 0.382 e. The Morgan fingerprint density at radius 1 is 1.50 bits per heavy atom. The molecule has 96 valence electrons. The number of amidine groups is 1. The van der Waals surface area contributed by atoms with Crippen LogP contribution in [0.4, 0.5) is 5.69 Å². The van der Waals surface area contributed by atoms with E-state index in [9.17, 15) is 0 Å². The average Bonchev–Trinajstić information content (AvgIpc) is 2.86. The lowest BCUT2D eigenvalue weighted by molar-refractivity contribution is 0.0256. The highest BCUT2D eigenvalue weighted by atomic mass is 16.5. The standard InChI is InChI=1S/C13H18N4O/c14-13(15)12-10(4-2-6-16-12)17-7-8-18-11-5-1-3-9(11)17/h2,4,6,9,11H,1,3,5,7-8H2,(H3,14,15). The van der Waals surface area contributed by atoms with Crippen molar-refractivity contribution in [3.8, 4) is 0 Å². The van der Waals surface area contributed by atoms with Gasteiger partial charge in [-0.15, -0.1) is 0 Å². The first-order valence-corrected chi connectivity index (χ1v) is 6.45. The Morgan fingerprint density at radius 2 is 2.39 bits per heavy atom. The van der Waals surface area contributed by atoms with Gasteiger partial charge in [0.15, 0.2) is 0 Å². The van der Waals surface area contributed by atoms with Crippen molar-refractivity contribution in [1.29, 1.82) is 5.41 Å². The van der Waals surface area contributed by atoms with Gasteiger partial charge >= 0.3 is 0 Å². The molecule has 0 aromatic carbocycles. The Bertz CT molecular complexity index is 462. The maximum atomic E-state index is 7.64. The molecule has 5 nitrogen and oxygen atoms in total. The normalized spacial score (nSPS) is 27.0. The third kappa shape index (κ3) is 1.84. The van der Waals surface area contributed by atoms with Crippen LogP contribution in [0.15, 0.2) is 18.3 Å². The molecule has 0 radical (unpaired) electrons. The second kappa shape index (κ2) is 4.57. The van der Waals surface area contributed by atoms with E-state index in [1.807, 2.05) is 12.1 Å². The summed E-state index contributed by atoms with van der Waals surface area (Å²) < 4.78 is 5.81. The van der Waals surface area contributed by atoms with Gasteiger partial charge in [-0.1, -0.05) is 0 Å². The molecule has 2 fully saturated rings. The highest BCUT2D eigenvalue weighted by Crippen LogP contribution is 2.33. The summed E-state index contributed by atoms with van der Waals surface area (Å²) in [4.78, 5) is 6.56. The van der Waals surface area contributed by atoms with Crippen molar-refractivity contribution >= 4 is 11.5 Å². The SMILES string of the molecule is N=C(N)c1ncccc1N1CCOC2CCCC21. The molecule has 0 bridgehead atoms. The molecule has 0 amide bonds. The zero-order valence-corrected chi connectivity index (χ0v) is 10.3. The quantitative estimate of drug-likeness (QED) is 0.606. The molecule has 1 aromatic heterocycles. The van der Waals surface area contributed by atoms with Crippen LogP contribution in [0, 0.1) is 5.41 Å². The molecule has 2 heterocycles. The number of hydrogen-bond donors (Lipinski definition) is 2. The highest BCUT2D eigenvalue weighted by molar-refractivity contribution is 5.98. The van der Waals surface area contributed by atoms with E-state index in [-0.39, 0.29) is 5.84 Å². The molecule has 18 heavy (non-hydrogen) atoms. The molecule has 1 saturated heterocycles. The molecule has 2 atom stereocenters. The summed E-state index contributed by atoms with van der Waals surface area (Å²) in [6, 6.07) is 4.33. The number of nitrogen functional groups attached to an aromatic ring is 1. The van der Waals surface area contributed by atoms with Crippen molar-refractivity contribution in [3.63, 3.8) is 0 Å². The fourth-order valence-electron chi connectivity index (χ4n) is 3.06. The summed E-state index contributed by atoms with van der Waals surface area (Å²) in [6.45, 7) is 1.60. The number of hydrogen-bond acceptors (Lipinski definition) is 4. The number of nitrogens with one attached hydrogen (secondary N) is 1. The summed E-state index contributed by atoms with van der Waals surface area (Å²) in [5, 5.41) is 7.64. The van der Waals surface area contributed by atoms with Crippen LogP contribution in [-0.2, 0) is 4.74 Å². The predicted octanol–water partition coefficient (Wildman–Crippen LogP) is 1.12. The van der Waals surface area contributed by atoms with Crippen molar-refractivity contribution in [2.45, 2.75) is 31.4 Å². The van der Waals surface area contributed by atoms with Gasteiger partial charge in [-0.25, -0.2) is 0 Å². The van der Waals surface area contributed by atoms with Gasteiger partial charge in [-0.2, -0.15) is 0 Å². The van der Waals surface area contributed by atoms with Crippen molar-refractivity contribution in [2.24, 2.45) is 5.73 Å². The molecule has 5 heteroatoms. The third-order valence-corrected chi connectivity index (χ3v) is 3.83. The van der Waals surface area contributed by atoms with Crippen LogP contribution >= 0.6 is 0 Å². The number of fused-ring (bicyclic) bond motifs is 1. The molecule has 2 aliphatic rings. The average molecular weight is 246 g/mol. The zero-order valence-electron chi connectivity index (χ0n) is 10.3. The number of rotatable bonds is 2. The Morgan fingerprint density at radius 3 is 3.22 bits per heavy atom. The van der Waals surface area contributed by atoms with E-state index in [0.717, 1.165) is 31.7 Å². The first-order valence-electron chi connectivity index (χ1n) is 6.45. The van der Waals surface area contributed by atoms with Crippen LogP contribution in [0.2, 0.25) is 0 Å². The number of ether oxygens (including phenoxy) is 1. The molecule has 1 saturated carbocycles. The summed E-state index contributed by atoms with van der Waals surface area (Å²) >= 11 is 0. The van der Waals surface area contributed by atoms with E-state index in [1.165, 1.54) is 6.42 Å².